The van der Waals surface area contributed by atoms with E-state index in [1.807, 2.05) is 25.1 Å². The van der Waals surface area contributed by atoms with Crippen molar-refractivity contribution >= 4 is 23.4 Å². The first-order chi connectivity index (χ1) is 10.5. The molecule has 22 heavy (non-hydrogen) atoms. The van der Waals surface area contributed by atoms with Crippen LogP contribution < -0.4 is 15.6 Å². The van der Waals surface area contributed by atoms with E-state index in [4.69, 9.17) is 16.3 Å². The largest absolute Gasteiger partial charge is 0.484 e. The fraction of sp³-hybridized carbons (Fsp3) is 0.133. The number of carbonyl (C=O) groups excluding carboxylic acids is 2. The fourth-order valence-corrected chi connectivity index (χ4v) is 1.71. The van der Waals surface area contributed by atoms with Gasteiger partial charge in [0.2, 0.25) is 0 Å². The summed E-state index contributed by atoms with van der Waals surface area (Å²) in [6.07, 6.45) is 1.31. The van der Waals surface area contributed by atoms with E-state index in [0.717, 1.165) is 5.56 Å². The number of halogens is 1. The van der Waals surface area contributed by atoms with Gasteiger partial charge in [0.25, 0.3) is 11.8 Å². The number of carbonyl (C=O) groups is 2. The summed E-state index contributed by atoms with van der Waals surface area (Å²) in [5.74, 6) is -0.381. The molecule has 6 nitrogen and oxygen atoms in total. The third-order valence-corrected chi connectivity index (χ3v) is 2.89. The van der Waals surface area contributed by atoms with Crippen LogP contribution in [0.2, 0.25) is 5.15 Å². The maximum Gasteiger partial charge on any atom is 0.276 e. The van der Waals surface area contributed by atoms with Crippen LogP contribution in [-0.4, -0.2) is 23.4 Å². The zero-order valence-corrected chi connectivity index (χ0v) is 12.6. The predicted molar refractivity (Wildman–Crippen MR) is 81.5 cm³/mol. The average Bonchev–Trinajstić information content (AvgIpc) is 2.51. The molecule has 0 bridgehead atoms. The van der Waals surface area contributed by atoms with Gasteiger partial charge >= 0.3 is 0 Å². The molecule has 0 aliphatic heterocycles. The second-order valence-electron chi connectivity index (χ2n) is 4.48. The molecule has 1 aromatic heterocycles. The number of hydrogen-bond donors (Lipinski definition) is 2. The van der Waals surface area contributed by atoms with Gasteiger partial charge in [0.05, 0.1) is 5.56 Å². The van der Waals surface area contributed by atoms with Crippen molar-refractivity contribution < 1.29 is 14.3 Å². The maximum atomic E-state index is 11.7. The number of pyridine rings is 1. The van der Waals surface area contributed by atoms with Crippen LogP contribution in [0.3, 0.4) is 0 Å². The van der Waals surface area contributed by atoms with Crippen molar-refractivity contribution in [2.24, 2.45) is 0 Å². The second-order valence-corrected chi connectivity index (χ2v) is 4.86. The molecule has 2 N–H and O–H groups in total. The molecule has 0 aliphatic carbocycles. The van der Waals surface area contributed by atoms with Gasteiger partial charge in [0.15, 0.2) is 6.61 Å². The van der Waals surface area contributed by atoms with E-state index in [1.165, 1.54) is 18.3 Å². The summed E-state index contributed by atoms with van der Waals surface area (Å²) in [5.41, 5.74) is 5.83. The molecule has 0 saturated heterocycles. The molecular weight excluding hydrogens is 306 g/mol. The third-order valence-electron chi connectivity index (χ3n) is 2.66. The molecule has 0 saturated carbocycles. The summed E-state index contributed by atoms with van der Waals surface area (Å²) < 4.78 is 5.31. The van der Waals surface area contributed by atoms with Gasteiger partial charge in [-0.05, 0) is 36.8 Å². The summed E-state index contributed by atoms with van der Waals surface area (Å²) in [7, 11) is 0. The molecule has 0 fully saturated rings. The first kappa shape index (κ1) is 15.8. The lowest BCUT2D eigenvalue weighted by atomic mass is 10.2. The van der Waals surface area contributed by atoms with Gasteiger partial charge < -0.3 is 4.74 Å². The van der Waals surface area contributed by atoms with Crippen LogP contribution >= 0.6 is 11.6 Å². The Morgan fingerprint density at radius 3 is 2.73 bits per heavy atom. The Balaban J connectivity index is 1.78. The third kappa shape index (κ3) is 4.75. The zero-order valence-electron chi connectivity index (χ0n) is 11.8. The van der Waals surface area contributed by atoms with Crippen LogP contribution in [-0.2, 0) is 4.79 Å². The van der Waals surface area contributed by atoms with Crippen LogP contribution in [0, 0.1) is 6.92 Å². The molecule has 2 rings (SSSR count). The molecule has 0 unspecified atom stereocenters. The lowest BCUT2D eigenvalue weighted by molar-refractivity contribution is -0.123. The van der Waals surface area contributed by atoms with Gasteiger partial charge in [-0.1, -0.05) is 23.7 Å². The van der Waals surface area contributed by atoms with E-state index in [9.17, 15) is 9.59 Å². The Kier molecular flexibility index (Phi) is 5.32. The maximum absolute atomic E-state index is 11.7. The summed E-state index contributed by atoms with van der Waals surface area (Å²) >= 11 is 5.63. The minimum atomic E-state index is -0.493. The standard InChI is InChI=1S/C15H14ClN3O3/c1-10-3-2-4-12(7-10)22-9-14(20)18-19-15(21)11-5-6-13(16)17-8-11/h2-8H,9H2,1H3,(H,18,20)(H,19,21). The smallest absolute Gasteiger partial charge is 0.276 e. The topological polar surface area (TPSA) is 80.3 Å². The predicted octanol–water partition coefficient (Wildman–Crippen LogP) is 1.88. The molecule has 0 radical (unpaired) electrons. The molecule has 0 atom stereocenters. The van der Waals surface area contributed by atoms with Crippen molar-refractivity contribution in [1.29, 1.82) is 0 Å². The highest BCUT2D eigenvalue weighted by molar-refractivity contribution is 6.29. The van der Waals surface area contributed by atoms with Gasteiger partial charge in [-0.3, -0.25) is 20.4 Å². The summed E-state index contributed by atoms with van der Waals surface area (Å²) in [5, 5.41) is 0.284. The Morgan fingerprint density at radius 1 is 1.23 bits per heavy atom. The lowest BCUT2D eigenvalue weighted by Gasteiger charge is -2.09. The van der Waals surface area contributed by atoms with Crippen molar-refractivity contribution in [3.05, 3.63) is 58.9 Å². The lowest BCUT2D eigenvalue weighted by Crippen LogP contribution is -2.43. The van der Waals surface area contributed by atoms with E-state index in [2.05, 4.69) is 15.8 Å². The van der Waals surface area contributed by atoms with Gasteiger partial charge in [-0.25, -0.2) is 4.98 Å². The normalized spacial score (nSPS) is 9.91. The van der Waals surface area contributed by atoms with Gasteiger partial charge in [0, 0.05) is 6.20 Å². The number of nitrogens with one attached hydrogen (secondary N) is 2. The molecule has 0 aliphatic rings. The highest BCUT2D eigenvalue weighted by atomic mass is 35.5. The molecular formula is C15H14ClN3O3. The summed E-state index contributed by atoms with van der Waals surface area (Å²) in [6.45, 7) is 1.72. The van der Waals surface area contributed by atoms with E-state index in [1.54, 1.807) is 6.07 Å². The molecule has 114 valence electrons. The quantitative estimate of drug-likeness (QED) is 0.666. The molecule has 1 heterocycles. The van der Waals surface area contributed by atoms with E-state index in [-0.39, 0.29) is 17.3 Å². The number of hydrogen-bond acceptors (Lipinski definition) is 4. The highest BCUT2D eigenvalue weighted by Gasteiger charge is 2.08. The highest BCUT2D eigenvalue weighted by Crippen LogP contribution is 2.11. The number of ether oxygens (including phenoxy) is 1. The monoisotopic (exact) mass is 319 g/mol. The van der Waals surface area contributed by atoms with Crippen LogP contribution in [0.1, 0.15) is 15.9 Å². The minimum absolute atomic E-state index is 0.206. The van der Waals surface area contributed by atoms with E-state index >= 15 is 0 Å². The Bertz CT molecular complexity index is 674. The van der Waals surface area contributed by atoms with Crippen molar-refractivity contribution in [2.75, 3.05) is 6.61 Å². The number of rotatable bonds is 4. The van der Waals surface area contributed by atoms with Crippen LogP contribution in [0.4, 0.5) is 0 Å². The van der Waals surface area contributed by atoms with Crippen LogP contribution in [0.15, 0.2) is 42.6 Å². The molecule has 0 spiro atoms. The second kappa shape index (κ2) is 7.42. The number of amides is 2. The van der Waals surface area contributed by atoms with E-state index in [0.29, 0.717) is 5.75 Å². The molecule has 7 heteroatoms. The van der Waals surface area contributed by atoms with Crippen molar-refractivity contribution in [3.8, 4) is 5.75 Å². The van der Waals surface area contributed by atoms with E-state index < -0.39 is 11.8 Å². The van der Waals surface area contributed by atoms with Gasteiger partial charge in [-0.15, -0.1) is 0 Å². The van der Waals surface area contributed by atoms with Crippen LogP contribution in [0.5, 0.6) is 5.75 Å². The van der Waals surface area contributed by atoms with Gasteiger partial charge in [0.1, 0.15) is 10.9 Å². The molecule has 2 amide bonds. The summed E-state index contributed by atoms with van der Waals surface area (Å²) in [4.78, 5) is 27.1. The first-order valence-electron chi connectivity index (χ1n) is 6.45. The number of nitrogens with zero attached hydrogens (tertiary/aromatic N) is 1. The van der Waals surface area contributed by atoms with Crippen molar-refractivity contribution in [1.82, 2.24) is 15.8 Å². The Labute approximate surface area is 132 Å². The first-order valence-corrected chi connectivity index (χ1v) is 6.82. The van der Waals surface area contributed by atoms with Crippen molar-refractivity contribution in [3.63, 3.8) is 0 Å². The Morgan fingerprint density at radius 2 is 2.05 bits per heavy atom. The average molecular weight is 320 g/mol. The minimum Gasteiger partial charge on any atom is -0.484 e. The summed E-state index contributed by atoms with van der Waals surface area (Å²) in [6, 6.07) is 10.3. The molecule has 2 aromatic rings. The SMILES string of the molecule is Cc1cccc(OCC(=O)NNC(=O)c2ccc(Cl)nc2)c1. The number of aromatic nitrogens is 1. The van der Waals surface area contributed by atoms with Crippen LogP contribution in [0.25, 0.3) is 0 Å². The number of benzene rings is 1. The Hall–Kier alpha value is -2.60. The molecule has 1 aromatic carbocycles. The number of aryl methyl sites for hydroxylation is 1. The van der Waals surface area contributed by atoms with Crippen molar-refractivity contribution in [2.45, 2.75) is 6.92 Å². The zero-order chi connectivity index (χ0) is 15.9. The van der Waals surface area contributed by atoms with Gasteiger partial charge in [-0.2, -0.15) is 0 Å². The number of hydrazine groups is 1. The fourth-order valence-electron chi connectivity index (χ4n) is 1.60.